The van der Waals surface area contributed by atoms with Gasteiger partial charge in [-0.2, -0.15) is 5.10 Å². The molecule has 1 amide bonds. The van der Waals surface area contributed by atoms with Gasteiger partial charge in [0.2, 0.25) is 5.43 Å². The van der Waals surface area contributed by atoms with Crippen LogP contribution in [0.25, 0.3) is 11.0 Å². The van der Waals surface area contributed by atoms with Gasteiger partial charge in [0.1, 0.15) is 11.2 Å². The Balaban J connectivity index is 1.97. The number of hydrazone groups is 1. The number of carbonyl (C=O) groups is 1. The highest BCUT2D eigenvalue weighted by Crippen LogP contribution is 2.11. The van der Waals surface area contributed by atoms with Crippen molar-refractivity contribution in [3.05, 3.63) is 69.9 Å². The molecule has 0 aliphatic carbocycles. The van der Waals surface area contributed by atoms with Crippen molar-refractivity contribution in [2.75, 3.05) is 0 Å². The van der Waals surface area contributed by atoms with Crippen LogP contribution in [0.3, 0.4) is 0 Å². The lowest BCUT2D eigenvalue weighted by atomic mass is 10.1. The molecule has 0 radical (unpaired) electrons. The SMILES string of the molecule is CCn1cc(C(=O)N/N=C(\C)c2cccnc2)c(=O)c2ccc(C)nc21. The zero-order valence-electron chi connectivity index (χ0n) is 14.9. The Morgan fingerprint density at radius 3 is 2.81 bits per heavy atom. The summed E-state index contributed by atoms with van der Waals surface area (Å²) in [5.74, 6) is -0.553. The van der Waals surface area contributed by atoms with Gasteiger partial charge in [0, 0.05) is 36.4 Å². The van der Waals surface area contributed by atoms with Gasteiger partial charge in [0.15, 0.2) is 0 Å². The summed E-state index contributed by atoms with van der Waals surface area (Å²) in [7, 11) is 0. The lowest BCUT2D eigenvalue weighted by molar-refractivity contribution is 0.0953. The number of nitrogens with zero attached hydrogens (tertiary/aromatic N) is 4. The number of aryl methyl sites for hydroxylation is 2. The molecule has 3 heterocycles. The molecule has 0 aliphatic heterocycles. The van der Waals surface area contributed by atoms with Crippen molar-refractivity contribution in [1.82, 2.24) is 20.0 Å². The molecule has 0 spiro atoms. The minimum Gasteiger partial charge on any atom is -0.332 e. The molecule has 0 aliphatic rings. The zero-order chi connectivity index (χ0) is 18.7. The van der Waals surface area contributed by atoms with Crippen LogP contribution >= 0.6 is 0 Å². The van der Waals surface area contributed by atoms with E-state index >= 15 is 0 Å². The molecule has 1 N–H and O–H groups in total. The van der Waals surface area contributed by atoms with Gasteiger partial charge in [-0.1, -0.05) is 6.07 Å². The lowest BCUT2D eigenvalue weighted by Gasteiger charge is -2.10. The largest absolute Gasteiger partial charge is 0.332 e. The second-order valence-electron chi connectivity index (χ2n) is 5.86. The van der Waals surface area contributed by atoms with Gasteiger partial charge in [-0.25, -0.2) is 10.4 Å². The van der Waals surface area contributed by atoms with Crippen LogP contribution in [0, 0.1) is 6.92 Å². The van der Waals surface area contributed by atoms with Crippen molar-refractivity contribution in [1.29, 1.82) is 0 Å². The first-order valence-electron chi connectivity index (χ1n) is 8.27. The topological polar surface area (TPSA) is 89.2 Å². The van der Waals surface area contributed by atoms with E-state index in [2.05, 4.69) is 20.5 Å². The van der Waals surface area contributed by atoms with E-state index < -0.39 is 5.91 Å². The van der Waals surface area contributed by atoms with Crippen molar-refractivity contribution in [3.8, 4) is 0 Å². The van der Waals surface area contributed by atoms with Crippen LogP contribution in [0.2, 0.25) is 0 Å². The van der Waals surface area contributed by atoms with Gasteiger partial charge < -0.3 is 4.57 Å². The summed E-state index contributed by atoms with van der Waals surface area (Å²) in [6.07, 6.45) is 4.84. The van der Waals surface area contributed by atoms with E-state index in [1.165, 1.54) is 6.20 Å². The molecule has 0 fully saturated rings. The Labute approximate surface area is 150 Å². The van der Waals surface area contributed by atoms with Gasteiger partial charge in [0.05, 0.1) is 11.1 Å². The summed E-state index contributed by atoms with van der Waals surface area (Å²) in [6, 6.07) is 7.09. The molecule has 3 rings (SSSR count). The Morgan fingerprint density at radius 1 is 1.31 bits per heavy atom. The second kappa shape index (κ2) is 7.26. The summed E-state index contributed by atoms with van der Waals surface area (Å²) in [5.41, 5.74) is 4.90. The van der Waals surface area contributed by atoms with Crippen LogP contribution in [0.4, 0.5) is 0 Å². The summed E-state index contributed by atoms with van der Waals surface area (Å²) in [4.78, 5) is 33.6. The van der Waals surface area contributed by atoms with E-state index in [9.17, 15) is 9.59 Å². The Kier molecular flexibility index (Phi) is 4.88. The number of hydrogen-bond acceptors (Lipinski definition) is 5. The maximum Gasteiger partial charge on any atom is 0.276 e. The molecule has 26 heavy (non-hydrogen) atoms. The Morgan fingerprint density at radius 2 is 2.12 bits per heavy atom. The number of carbonyl (C=O) groups excluding carboxylic acids is 1. The first kappa shape index (κ1) is 17.5. The molecule has 0 bridgehead atoms. The predicted octanol–water partition coefficient (Wildman–Crippen LogP) is 2.27. The molecule has 0 atom stereocenters. The van der Waals surface area contributed by atoms with Gasteiger partial charge in [-0.3, -0.25) is 14.6 Å². The van der Waals surface area contributed by atoms with Crippen LogP contribution in [0.5, 0.6) is 0 Å². The van der Waals surface area contributed by atoms with E-state index in [0.717, 1.165) is 11.3 Å². The molecule has 0 saturated carbocycles. The van der Waals surface area contributed by atoms with E-state index in [1.807, 2.05) is 19.9 Å². The molecule has 7 nitrogen and oxygen atoms in total. The molecular weight excluding hydrogens is 330 g/mol. The minimum absolute atomic E-state index is 0.0349. The standard InChI is InChI=1S/C19H19N5O2/c1-4-24-11-16(17(25)15-8-7-12(2)21-18(15)24)19(26)23-22-13(3)14-6-5-9-20-10-14/h5-11H,4H2,1-3H3,(H,23,26)/b22-13+. The minimum atomic E-state index is -0.553. The van der Waals surface area contributed by atoms with Crippen molar-refractivity contribution in [3.63, 3.8) is 0 Å². The molecular formula is C19H19N5O2. The average molecular weight is 349 g/mol. The molecule has 7 heteroatoms. The molecule has 0 aromatic carbocycles. The number of pyridine rings is 3. The fourth-order valence-corrected chi connectivity index (χ4v) is 2.60. The summed E-state index contributed by atoms with van der Waals surface area (Å²) in [6.45, 7) is 6.14. The smallest absolute Gasteiger partial charge is 0.276 e. The second-order valence-corrected chi connectivity index (χ2v) is 5.86. The third-order valence-corrected chi connectivity index (χ3v) is 4.05. The van der Waals surface area contributed by atoms with Gasteiger partial charge in [-0.15, -0.1) is 0 Å². The highest BCUT2D eigenvalue weighted by atomic mass is 16.2. The predicted molar refractivity (Wildman–Crippen MR) is 100 cm³/mol. The van der Waals surface area contributed by atoms with Gasteiger partial charge in [0.25, 0.3) is 5.91 Å². The van der Waals surface area contributed by atoms with Gasteiger partial charge in [-0.05, 0) is 39.0 Å². The van der Waals surface area contributed by atoms with Crippen LogP contribution in [-0.2, 0) is 6.54 Å². The summed E-state index contributed by atoms with van der Waals surface area (Å²) >= 11 is 0. The third kappa shape index (κ3) is 3.37. The number of fused-ring (bicyclic) bond motifs is 1. The first-order valence-corrected chi connectivity index (χ1v) is 8.27. The monoisotopic (exact) mass is 349 g/mol. The first-order chi connectivity index (χ1) is 12.5. The maximum atomic E-state index is 12.7. The van der Waals surface area contributed by atoms with Crippen LogP contribution in [0.15, 0.2) is 52.8 Å². The number of aromatic nitrogens is 3. The molecule has 3 aromatic heterocycles. The maximum absolute atomic E-state index is 12.7. The highest BCUT2D eigenvalue weighted by molar-refractivity contribution is 6.01. The Bertz CT molecular complexity index is 1050. The third-order valence-electron chi connectivity index (χ3n) is 4.05. The van der Waals surface area contributed by atoms with Crippen LogP contribution in [0.1, 0.15) is 35.5 Å². The van der Waals surface area contributed by atoms with E-state index in [1.54, 1.807) is 42.1 Å². The van der Waals surface area contributed by atoms with Crippen LogP contribution < -0.4 is 10.9 Å². The lowest BCUT2D eigenvalue weighted by Crippen LogP contribution is -2.27. The van der Waals surface area contributed by atoms with Gasteiger partial charge >= 0.3 is 0 Å². The van der Waals surface area contributed by atoms with Crippen molar-refractivity contribution in [2.24, 2.45) is 5.10 Å². The summed E-state index contributed by atoms with van der Waals surface area (Å²) < 4.78 is 1.79. The van der Waals surface area contributed by atoms with E-state index in [0.29, 0.717) is 23.3 Å². The fourth-order valence-electron chi connectivity index (χ4n) is 2.60. The van der Waals surface area contributed by atoms with Crippen molar-refractivity contribution >= 4 is 22.7 Å². The number of amides is 1. The molecule has 0 saturated heterocycles. The van der Waals surface area contributed by atoms with E-state index in [4.69, 9.17) is 0 Å². The average Bonchev–Trinajstić information content (AvgIpc) is 2.66. The summed E-state index contributed by atoms with van der Waals surface area (Å²) in [5, 5.41) is 4.49. The van der Waals surface area contributed by atoms with Crippen molar-refractivity contribution in [2.45, 2.75) is 27.3 Å². The molecule has 132 valence electrons. The normalized spacial score (nSPS) is 11.6. The zero-order valence-corrected chi connectivity index (χ0v) is 14.9. The fraction of sp³-hybridized carbons (Fsp3) is 0.211. The number of hydrogen-bond donors (Lipinski definition) is 1. The highest BCUT2D eigenvalue weighted by Gasteiger charge is 2.16. The molecule has 3 aromatic rings. The quantitative estimate of drug-likeness (QED) is 0.578. The van der Waals surface area contributed by atoms with Crippen LogP contribution in [-0.4, -0.2) is 26.2 Å². The van der Waals surface area contributed by atoms with E-state index in [-0.39, 0.29) is 11.0 Å². The Hall–Kier alpha value is -3.35. The number of rotatable bonds is 4. The van der Waals surface area contributed by atoms with Crippen molar-refractivity contribution < 1.29 is 4.79 Å². The molecule has 0 unspecified atom stereocenters. The number of nitrogens with one attached hydrogen (secondary N) is 1.